The zero-order valence-corrected chi connectivity index (χ0v) is 9.45. The highest BCUT2D eigenvalue weighted by Gasteiger charge is 2.16. The van der Waals surface area contributed by atoms with Crippen molar-refractivity contribution in [2.75, 3.05) is 6.61 Å². The minimum Gasteiger partial charge on any atom is -0.478 e. The predicted molar refractivity (Wildman–Crippen MR) is 58.7 cm³/mol. The number of esters is 1. The number of ether oxygens (including phenoxy) is 1. The number of hydrogen-bond acceptors (Lipinski definition) is 3. The van der Waals surface area contributed by atoms with Gasteiger partial charge < -0.3 is 9.84 Å². The summed E-state index contributed by atoms with van der Waals surface area (Å²) in [7, 11) is 0. The monoisotopic (exact) mass is 242 g/mol. The largest absolute Gasteiger partial charge is 0.478 e. The average molecular weight is 243 g/mol. The lowest BCUT2D eigenvalue weighted by Crippen LogP contribution is -2.12. The fourth-order valence-corrected chi connectivity index (χ4v) is 1.54. The third-order valence-corrected chi connectivity index (χ3v) is 2.33. The Morgan fingerprint density at radius 2 is 2.12 bits per heavy atom. The number of carbonyl (C=O) groups is 2. The number of rotatable bonds is 4. The Hall–Kier alpha value is -1.55. The van der Waals surface area contributed by atoms with Gasteiger partial charge in [-0.05, 0) is 24.6 Å². The molecule has 0 aliphatic carbocycles. The highest BCUT2D eigenvalue weighted by atomic mass is 35.5. The van der Waals surface area contributed by atoms with E-state index in [1.807, 2.05) is 0 Å². The summed E-state index contributed by atoms with van der Waals surface area (Å²) in [6.07, 6.45) is -0.130. The number of halogens is 1. The Labute approximate surface area is 97.8 Å². The normalized spacial score (nSPS) is 9.88. The lowest BCUT2D eigenvalue weighted by molar-refractivity contribution is -0.142. The molecule has 86 valence electrons. The minimum absolute atomic E-state index is 0.0283. The number of aromatic carboxylic acids is 1. The third-order valence-electron chi connectivity index (χ3n) is 1.98. The van der Waals surface area contributed by atoms with Gasteiger partial charge in [-0.15, -0.1) is 0 Å². The average Bonchev–Trinajstić information content (AvgIpc) is 2.21. The van der Waals surface area contributed by atoms with Crippen LogP contribution < -0.4 is 0 Å². The molecule has 0 spiro atoms. The molecule has 0 unspecified atom stereocenters. The molecule has 1 aromatic carbocycles. The molecule has 0 bridgehead atoms. The van der Waals surface area contributed by atoms with Gasteiger partial charge in [0.2, 0.25) is 0 Å². The van der Waals surface area contributed by atoms with E-state index < -0.39 is 11.9 Å². The SMILES string of the molecule is CCOC(=O)Cc1c(Cl)cccc1C(=O)O. The molecule has 0 aromatic heterocycles. The van der Waals surface area contributed by atoms with Crippen LogP contribution in [0.2, 0.25) is 5.02 Å². The number of carboxylic acid groups (broad SMARTS) is 1. The summed E-state index contributed by atoms with van der Waals surface area (Å²) in [4.78, 5) is 22.2. The Morgan fingerprint density at radius 3 is 2.69 bits per heavy atom. The van der Waals surface area contributed by atoms with Crippen molar-refractivity contribution in [2.24, 2.45) is 0 Å². The van der Waals surface area contributed by atoms with E-state index in [4.69, 9.17) is 21.4 Å². The van der Waals surface area contributed by atoms with E-state index >= 15 is 0 Å². The van der Waals surface area contributed by atoms with Crippen molar-refractivity contribution in [1.29, 1.82) is 0 Å². The molecule has 0 aliphatic heterocycles. The van der Waals surface area contributed by atoms with Crippen LogP contribution in [0, 0.1) is 0 Å². The quantitative estimate of drug-likeness (QED) is 0.822. The van der Waals surface area contributed by atoms with Crippen LogP contribution in [-0.4, -0.2) is 23.7 Å². The van der Waals surface area contributed by atoms with E-state index in [-0.39, 0.29) is 29.2 Å². The molecule has 16 heavy (non-hydrogen) atoms. The topological polar surface area (TPSA) is 63.6 Å². The van der Waals surface area contributed by atoms with Crippen molar-refractivity contribution in [3.63, 3.8) is 0 Å². The molecule has 0 saturated heterocycles. The molecule has 1 aromatic rings. The van der Waals surface area contributed by atoms with Crippen LogP contribution in [0.1, 0.15) is 22.8 Å². The van der Waals surface area contributed by atoms with Crippen molar-refractivity contribution in [3.05, 3.63) is 34.3 Å². The zero-order chi connectivity index (χ0) is 12.1. The first-order valence-corrected chi connectivity index (χ1v) is 5.10. The van der Waals surface area contributed by atoms with Gasteiger partial charge in [-0.2, -0.15) is 0 Å². The lowest BCUT2D eigenvalue weighted by Gasteiger charge is -2.07. The first kappa shape index (κ1) is 12.5. The molecule has 0 radical (unpaired) electrons. The van der Waals surface area contributed by atoms with Gasteiger partial charge in [0.1, 0.15) is 0 Å². The Bertz CT molecular complexity index is 414. The van der Waals surface area contributed by atoms with Crippen LogP contribution in [0.5, 0.6) is 0 Å². The summed E-state index contributed by atoms with van der Waals surface area (Å²) in [6, 6.07) is 4.48. The van der Waals surface area contributed by atoms with Gasteiger partial charge in [0, 0.05) is 5.02 Å². The maximum Gasteiger partial charge on any atom is 0.336 e. The standard InChI is InChI=1S/C11H11ClO4/c1-2-16-10(13)6-8-7(11(14)15)4-3-5-9(8)12/h3-5H,2,6H2,1H3,(H,14,15). The molecule has 0 saturated carbocycles. The molecule has 0 heterocycles. The van der Waals surface area contributed by atoms with Gasteiger partial charge in [-0.3, -0.25) is 4.79 Å². The highest BCUT2D eigenvalue weighted by Crippen LogP contribution is 2.21. The van der Waals surface area contributed by atoms with Crippen LogP contribution in [-0.2, 0) is 16.0 Å². The smallest absolute Gasteiger partial charge is 0.336 e. The van der Waals surface area contributed by atoms with Crippen LogP contribution in [0.25, 0.3) is 0 Å². The van der Waals surface area contributed by atoms with Crippen LogP contribution in [0.15, 0.2) is 18.2 Å². The van der Waals surface area contributed by atoms with E-state index in [0.29, 0.717) is 0 Å². The number of benzene rings is 1. The van der Waals surface area contributed by atoms with Crippen LogP contribution >= 0.6 is 11.6 Å². The van der Waals surface area contributed by atoms with Gasteiger partial charge in [0.15, 0.2) is 0 Å². The van der Waals surface area contributed by atoms with Gasteiger partial charge in [-0.25, -0.2) is 4.79 Å². The fourth-order valence-electron chi connectivity index (χ4n) is 1.30. The summed E-state index contributed by atoms with van der Waals surface area (Å²) < 4.78 is 4.75. The summed E-state index contributed by atoms with van der Waals surface area (Å²) in [5.41, 5.74) is 0.315. The highest BCUT2D eigenvalue weighted by molar-refractivity contribution is 6.32. The van der Waals surface area contributed by atoms with E-state index in [1.54, 1.807) is 13.0 Å². The van der Waals surface area contributed by atoms with Gasteiger partial charge in [0.05, 0.1) is 18.6 Å². The zero-order valence-electron chi connectivity index (χ0n) is 8.70. The molecular weight excluding hydrogens is 232 g/mol. The van der Waals surface area contributed by atoms with E-state index in [2.05, 4.69) is 0 Å². The Balaban J connectivity index is 3.01. The molecule has 1 rings (SSSR count). The second kappa shape index (κ2) is 5.51. The molecular formula is C11H11ClO4. The van der Waals surface area contributed by atoms with Crippen molar-refractivity contribution in [1.82, 2.24) is 0 Å². The molecule has 5 heteroatoms. The van der Waals surface area contributed by atoms with Gasteiger partial charge in [0.25, 0.3) is 0 Å². The summed E-state index contributed by atoms with van der Waals surface area (Å²) in [5, 5.41) is 9.18. The van der Waals surface area contributed by atoms with E-state index in [9.17, 15) is 9.59 Å². The first-order chi connectivity index (χ1) is 7.56. The van der Waals surface area contributed by atoms with Crippen molar-refractivity contribution in [2.45, 2.75) is 13.3 Å². The lowest BCUT2D eigenvalue weighted by atomic mass is 10.0. The number of carboxylic acids is 1. The van der Waals surface area contributed by atoms with Gasteiger partial charge in [-0.1, -0.05) is 17.7 Å². The fraction of sp³-hybridized carbons (Fsp3) is 0.273. The van der Waals surface area contributed by atoms with E-state index in [1.165, 1.54) is 12.1 Å². The second-order valence-corrected chi connectivity index (χ2v) is 3.46. The molecule has 1 N–H and O–H groups in total. The first-order valence-electron chi connectivity index (χ1n) is 4.72. The van der Waals surface area contributed by atoms with Gasteiger partial charge >= 0.3 is 11.9 Å². The van der Waals surface area contributed by atoms with Crippen molar-refractivity contribution >= 4 is 23.5 Å². The predicted octanol–water partition coefficient (Wildman–Crippen LogP) is 2.14. The summed E-state index contributed by atoms with van der Waals surface area (Å²) in [6.45, 7) is 1.94. The number of carbonyl (C=O) groups excluding carboxylic acids is 1. The minimum atomic E-state index is -1.11. The number of hydrogen-bond donors (Lipinski definition) is 1. The van der Waals surface area contributed by atoms with Crippen LogP contribution in [0.3, 0.4) is 0 Å². The molecule has 0 aliphatic rings. The Kier molecular flexibility index (Phi) is 4.31. The molecule has 0 amide bonds. The molecule has 4 nitrogen and oxygen atoms in total. The van der Waals surface area contributed by atoms with Crippen molar-refractivity contribution < 1.29 is 19.4 Å². The maximum atomic E-state index is 11.3. The molecule has 0 fully saturated rings. The van der Waals surface area contributed by atoms with E-state index in [0.717, 1.165) is 0 Å². The maximum absolute atomic E-state index is 11.3. The van der Waals surface area contributed by atoms with Crippen LogP contribution in [0.4, 0.5) is 0 Å². The summed E-state index contributed by atoms with van der Waals surface area (Å²) >= 11 is 5.85. The summed E-state index contributed by atoms with van der Waals surface area (Å²) in [5.74, 6) is -1.60. The Morgan fingerprint density at radius 1 is 1.44 bits per heavy atom. The second-order valence-electron chi connectivity index (χ2n) is 3.05. The third kappa shape index (κ3) is 2.97. The van der Waals surface area contributed by atoms with Crippen molar-refractivity contribution in [3.8, 4) is 0 Å². The molecule has 0 atom stereocenters.